The predicted molar refractivity (Wildman–Crippen MR) is 82.0 cm³/mol. The Morgan fingerprint density at radius 1 is 1.45 bits per heavy atom. The van der Waals surface area contributed by atoms with E-state index in [0.717, 1.165) is 38.3 Å². The highest BCUT2D eigenvalue weighted by Gasteiger charge is 2.25. The first kappa shape index (κ1) is 14.6. The average molecular weight is 300 g/mol. The van der Waals surface area contributed by atoms with Gasteiger partial charge in [-0.25, -0.2) is 0 Å². The van der Waals surface area contributed by atoms with E-state index in [1.807, 2.05) is 11.0 Å². The first-order chi connectivity index (χ1) is 10.8. The van der Waals surface area contributed by atoms with Crippen molar-refractivity contribution >= 4 is 12.0 Å². The molecule has 2 aromatic rings. The van der Waals surface area contributed by atoms with Crippen LogP contribution in [0.15, 0.2) is 35.2 Å². The third kappa shape index (κ3) is 3.10. The van der Waals surface area contributed by atoms with E-state index in [-0.39, 0.29) is 5.91 Å². The lowest BCUT2D eigenvalue weighted by Crippen LogP contribution is -2.37. The number of hydrogen-bond acceptors (Lipinski definition) is 4. The maximum Gasteiger partial charge on any atom is 0.246 e. The summed E-state index contributed by atoms with van der Waals surface area (Å²) in [6, 6.07) is 3.63. The molecule has 0 aromatic carbocycles. The second-order valence-electron chi connectivity index (χ2n) is 5.42. The van der Waals surface area contributed by atoms with Gasteiger partial charge in [-0.2, -0.15) is 0 Å². The predicted octanol–water partition coefficient (Wildman–Crippen LogP) is 2.31. The molecule has 1 aliphatic heterocycles. The van der Waals surface area contributed by atoms with Crippen LogP contribution in [0.25, 0.3) is 6.08 Å². The molecule has 0 spiro atoms. The molecule has 116 valence electrons. The molecular weight excluding hydrogens is 280 g/mol. The summed E-state index contributed by atoms with van der Waals surface area (Å²) in [5.41, 5.74) is 0. The minimum absolute atomic E-state index is 0.0341. The molecular formula is C16H20N4O2. The van der Waals surface area contributed by atoms with Crippen molar-refractivity contribution in [3.63, 3.8) is 0 Å². The Morgan fingerprint density at radius 2 is 2.27 bits per heavy atom. The van der Waals surface area contributed by atoms with E-state index >= 15 is 0 Å². The third-order valence-electron chi connectivity index (χ3n) is 4.09. The molecule has 1 aliphatic rings. The second-order valence-corrected chi connectivity index (χ2v) is 5.42. The Kier molecular flexibility index (Phi) is 4.37. The van der Waals surface area contributed by atoms with Gasteiger partial charge in [-0.05, 0) is 38.0 Å². The summed E-state index contributed by atoms with van der Waals surface area (Å²) in [5.74, 6) is 2.16. The summed E-state index contributed by atoms with van der Waals surface area (Å²) in [7, 11) is 0. The molecule has 6 nitrogen and oxygen atoms in total. The fourth-order valence-corrected chi connectivity index (χ4v) is 2.83. The lowest BCUT2D eigenvalue weighted by Gasteiger charge is -2.30. The number of furan rings is 1. The van der Waals surface area contributed by atoms with E-state index in [4.69, 9.17) is 4.42 Å². The Morgan fingerprint density at radius 3 is 2.95 bits per heavy atom. The van der Waals surface area contributed by atoms with Gasteiger partial charge in [0.1, 0.15) is 17.9 Å². The molecule has 3 heterocycles. The van der Waals surface area contributed by atoms with E-state index in [1.165, 1.54) is 0 Å². The van der Waals surface area contributed by atoms with Crippen LogP contribution in [0.5, 0.6) is 0 Å². The van der Waals surface area contributed by atoms with E-state index in [9.17, 15) is 4.79 Å². The van der Waals surface area contributed by atoms with E-state index < -0.39 is 0 Å². The van der Waals surface area contributed by atoms with E-state index in [2.05, 4.69) is 21.7 Å². The first-order valence-corrected chi connectivity index (χ1v) is 7.66. The topological polar surface area (TPSA) is 64.2 Å². The van der Waals surface area contributed by atoms with Crippen LogP contribution in [-0.4, -0.2) is 38.7 Å². The SMILES string of the molecule is CCn1cnnc1C1CCN(C(=O)/C=C\c2ccco2)CC1. The number of hydrogen-bond donors (Lipinski definition) is 0. The number of aromatic nitrogens is 3. The number of carbonyl (C=O) groups is 1. The number of aryl methyl sites for hydroxylation is 1. The van der Waals surface area contributed by atoms with Gasteiger partial charge in [-0.15, -0.1) is 10.2 Å². The first-order valence-electron chi connectivity index (χ1n) is 7.66. The molecule has 0 saturated carbocycles. The standard InChI is InChI=1S/C16H20N4O2/c1-2-19-12-17-18-16(19)13-7-9-20(10-8-13)15(21)6-5-14-4-3-11-22-14/h3-6,11-13H,2,7-10H2,1H3/b6-5-. The lowest BCUT2D eigenvalue weighted by atomic mass is 9.96. The van der Waals surface area contributed by atoms with Crippen LogP contribution in [0.1, 0.15) is 37.3 Å². The molecule has 0 atom stereocenters. The number of amides is 1. The van der Waals surface area contributed by atoms with Gasteiger partial charge in [-0.1, -0.05) is 0 Å². The van der Waals surface area contributed by atoms with Crippen LogP contribution in [0.2, 0.25) is 0 Å². The maximum absolute atomic E-state index is 12.2. The van der Waals surface area contributed by atoms with Gasteiger partial charge in [0.05, 0.1) is 6.26 Å². The third-order valence-corrected chi connectivity index (χ3v) is 4.09. The van der Waals surface area contributed by atoms with Gasteiger partial charge >= 0.3 is 0 Å². The lowest BCUT2D eigenvalue weighted by molar-refractivity contribution is -0.127. The van der Waals surface area contributed by atoms with Crippen molar-refractivity contribution in [2.24, 2.45) is 0 Å². The molecule has 0 unspecified atom stereocenters. The monoisotopic (exact) mass is 300 g/mol. The molecule has 0 radical (unpaired) electrons. The normalized spacial score (nSPS) is 16.5. The minimum atomic E-state index is 0.0341. The largest absolute Gasteiger partial charge is 0.465 e. The van der Waals surface area contributed by atoms with Crippen LogP contribution in [0.3, 0.4) is 0 Å². The average Bonchev–Trinajstić information content (AvgIpc) is 3.23. The Bertz CT molecular complexity index is 637. The smallest absolute Gasteiger partial charge is 0.246 e. The van der Waals surface area contributed by atoms with Gasteiger partial charge < -0.3 is 13.9 Å². The molecule has 22 heavy (non-hydrogen) atoms. The number of rotatable bonds is 4. The van der Waals surface area contributed by atoms with Gasteiger partial charge in [0.15, 0.2) is 0 Å². The van der Waals surface area contributed by atoms with Crippen molar-refractivity contribution in [1.29, 1.82) is 0 Å². The summed E-state index contributed by atoms with van der Waals surface area (Å²) in [5, 5.41) is 8.22. The summed E-state index contributed by atoms with van der Waals surface area (Å²) >= 11 is 0. The number of likely N-dealkylation sites (tertiary alicyclic amines) is 1. The van der Waals surface area contributed by atoms with Crippen LogP contribution < -0.4 is 0 Å². The van der Waals surface area contributed by atoms with Gasteiger partial charge in [-0.3, -0.25) is 4.79 Å². The molecule has 0 aliphatic carbocycles. The van der Waals surface area contributed by atoms with Crippen molar-refractivity contribution in [2.45, 2.75) is 32.2 Å². The molecule has 1 saturated heterocycles. The Hall–Kier alpha value is -2.37. The quantitative estimate of drug-likeness (QED) is 0.813. The molecule has 3 rings (SSSR count). The van der Waals surface area contributed by atoms with Crippen molar-refractivity contribution in [3.8, 4) is 0 Å². The zero-order valence-electron chi connectivity index (χ0n) is 12.7. The van der Waals surface area contributed by atoms with Crippen molar-refractivity contribution in [1.82, 2.24) is 19.7 Å². The summed E-state index contributed by atoms with van der Waals surface area (Å²) < 4.78 is 7.27. The summed E-state index contributed by atoms with van der Waals surface area (Å²) in [6.07, 6.45) is 8.52. The van der Waals surface area contributed by atoms with E-state index in [0.29, 0.717) is 11.7 Å². The minimum Gasteiger partial charge on any atom is -0.465 e. The maximum atomic E-state index is 12.2. The van der Waals surface area contributed by atoms with Gasteiger partial charge in [0.25, 0.3) is 0 Å². The van der Waals surface area contributed by atoms with Crippen LogP contribution in [0, 0.1) is 0 Å². The zero-order chi connectivity index (χ0) is 15.4. The second kappa shape index (κ2) is 6.60. The van der Waals surface area contributed by atoms with Gasteiger partial charge in [0.2, 0.25) is 5.91 Å². The van der Waals surface area contributed by atoms with Gasteiger partial charge in [0, 0.05) is 31.6 Å². The number of carbonyl (C=O) groups excluding carboxylic acids is 1. The Balaban J connectivity index is 1.56. The highest BCUT2D eigenvalue weighted by Crippen LogP contribution is 2.26. The molecule has 1 fully saturated rings. The number of piperidine rings is 1. The van der Waals surface area contributed by atoms with Crippen molar-refractivity contribution in [3.05, 3.63) is 42.4 Å². The number of nitrogens with zero attached hydrogens (tertiary/aromatic N) is 4. The molecule has 6 heteroatoms. The summed E-state index contributed by atoms with van der Waals surface area (Å²) in [6.45, 7) is 4.48. The molecule has 1 amide bonds. The summed E-state index contributed by atoms with van der Waals surface area (Å²) in [4.78, 5) is 14.1. The zero-order valence-corrected chi connectivity index (χ0v) is 12.7. The fourth-order valence-electron chi connectivity index (χ4n) is 2.83. The fraction of sp³-hybridized carbons (Fsp3) is 0.438. The molecule has 2 aromatic heterocycles. The Labute approximate surface area is 129 Å². The molecule has 0 bridgehead atoms. The highest BCUT2D eigenvalue weighted by molar-refractivity contribution is 5.91. The van der Waals surface area contributed by atoms with E-state index in [1.54, 1.807) is 30.8 Å². The van der Waals surface area contributed by atoms with Crippen LogP contribution >= 0.6 is 0 Å². The van der Waals surface area contributed by atoms with Crippen LogP contribution in [-0.2, 0) is 11.3 Å². The molecule has 0 N–H and O–H groups in total. The highest BCUT2D eigenvalue weighted by atomic mass is 16.3. The van der Waals surface area contributed by atoms with Crippen LogP contribution in [0.4, 0.5) is 0 Å². The van der Waals surface area contributed by atoms with Crippen molar-refractivity contribution < 1.29 is 9.21 Å². The van der Waals surface area contributed by atoms with Crippen molar-refractivity contribution in [2.75, 3.05) is 13.1 Å².